The fourth-order valence-corrected chi connectivity index (χ4v) is 2.91. The van der Waals surface area contributed by atoms with Crippen molar-refractivity contribution in [3.8, 4) is 17.1 Å². The molecule has 0 amide bonds. The van der Waals surface area contributed by atoms with Gasteiger partial charge in [-0.2, -0.15) is 4.98 Å². The highest BCUT2D eigenvalue weighted by Gasteiger charge is 2.09. The van der Waals surface area contributed by atoms with Crippen LogP contribution >= 0.6 is 28.1 Å². The predicted molar refractivity (Wildman–Crippen MR) is 113 cm³/mol. The van der Waals surface area contributed by atoms with Crippen LogP contribution in [-0.4, -0.2) is 21.4 Å². The number of nitrogens with zero attached hydrogens (tertiary/aromatic N) is 2. The molecule has 3 aromatic rings. The number of thiocarbonyl (C=S) groups is 1. The predicted octanol–water partition coefficient (Wildman–Crippen LogP) is 4.77. The molecule has 140 valence electrons. The fraction of sp³-hybridized carbons (Fsp3) is 0.211. The molecule has 0 unspecified atom stereocenters. The summed E-state index contributed by atoms with van der Waals surface area (Å²) < 4.78 is 11.9. The Bertz CT molecular complexity index is 929. The van der Waals surface area contributed by atoms with Crippen molar-refractivity contribution in [3.63, 3.8) is 0 Å². The average molecular weight is 447 g/mol. The summed E-state index contributed by atoms with van der Waals surface area (Å²) in [6.45, 7) is 4.30. The van der Waals surface area contributed by atoms with E-state index in [0.29, 0.717) is 23.4 Å². The van der Waals surface area contributed by atoms with Gasteiger partial charge in [-0.3, -0.25) is 0 Å². The van der Waals surface area contributed by atoms with Gasteiger partial charge in [0.1, 0.15) is 5.75 Å². The van der Waals surface area contributed by atoms with Crippen molar-refractivity contribution < 1.29 is 9.26 Å². The zero-order valence-corrected chi connectivity index (χ0v) is 17.3. The number of aromatic nitrogens is 2. The number of hydrogen-bond acceptors (Lipinski definition) is 5. The summed E-state index contributed by atoms with van der Waals surface area (Å²) in [5, 5.41) is 10.6. The van der Waals surface area contributed by atoms with Crippen LogP contribution in [-0.2, 0) is 6.54 Å². The maximum Gasteiger partial charge on any atom is 0.246 e. The van der Waals surface area contributed by atoms with E-state index in [2.05, 4.69) is 36.7 Å². The second-order valence-electron chi connectivity index (χ2n) is 6.02. The van der Waals surface area contributed by atoms with Crippen LogP contribution in [0, 0.1) is 0 Å². The molecule has 3 rings (SSSR count). The lowest BCUT2D eigenvalue weighted by molar-refractivity contribution is 0.242. The van der Waals surface area contributed by atoms with Crippen molar-refractivity contribution in [2.45, 2.75) is 26.5 Å². The van der Waals surface area contributed by atoms with Gasteiger partial charge in [-0.25, -0.2) is 0 Å². The van der Waals surface area contributed by atoms with Crippen LogP contribution in [0.25, 0.3) is 11.4 Å². The number of hydrogen-bond donors (Lipinski definition) is 2. The first-order valence-electron chi connectivity index (χ1n) is 8.39. The molecule has 2 N–H and O–H groups in total. The summed E-state index contributed by atoms with van der Waals surface area (Å²) in [6, 6.07) is 15.3. The van der Waals surface area contributed by atoms with E-state index < -0.39 is 0 Å². The molecule has 27 heavy (non-hydrogen) atoms. The van der Waals surface area contributed by atoms with Crippen LogP contribution in [0.4, 0.5) is 5.69 Å². The zero-order valence-electron chi connectivity index (χ0n) is 14.9. The average Bonchev–Trinajstić information content (AvgIpc) is 3.09. The molecule has 0 aliphatic carbocycles. The molecule has 0 aliphatic rings. The molecule has 0 bridgehead atoms. The van der Waals surface area contributed by atoms with E-state index in [9.17, 15) is 0 Å². The Kier molecular flexibility index (Phi) is 6.41. The topological polar surface area (TPSA) is 72.2 Å². The van der Waals surface area contributed by atoms with Gasteiger partial charge in [-0.05, 0) is 50.3 Å². The summed E-state index contributed by atoms with van der Waals surface area (Å²) in [4.78, 5) is 4.38. The molecular formula is C19H19BrN4O2S. The van der Waals surface area contributed by atoms with Crippen LogP contribution in [0.1, 0.15) is 19.7 Å². The second kappa shape index (κ2) is 8.96. The molecule has 0 saturated heterocycles. The van der Waals surface area contributed by atoms with E-state index in [-0.39, 0.29) is 6.10 Å². The molecule has 1 aromatic heterocycles. The number of rotatable bonds is 6. The molecule has 8 heteroatoms. The first kappa shape index (κ1) is 19.3. The first-order chi connectivity index (χ1) is 13.0. The Labute approximate surface area is 171 Å². The van der Waals surface area contributed by atoms with Crippen molar-refractivity contribution in [2.24, 2.45) is 0 Å². The summed E-state index contributed by atoms with van der Waals surface area (Å²) in [5.74, 6) is 1.77. The zero-order chi connectivity index (χ0) is 19.2. The first-order valence-corrected chi connectivity index (χ1v) is 9.60. The molecule has 1 heterocycles. The minimum Gasteiger partial charge on any atom is -0.491 e. The maximum atomic E-state index is 5.68. The number of anilines is 1. The second-order valence-corrected chi connectivity index (χ2v) is 7.35. The lowest BCUT2D eigenvalue weighted by Gasteiger charge is -2.12. The van der Waals surface area contributed by atoms with Gasteiger partial charge in [0.15, 0.2) is 5.11 Å². The van der Waals surface area contributed by atoms with Crippen molar-refractivity contribution in [2.75, 3.05) is 5.32 Å². The van der Waals surface area contributed by atoms with Crippen molar-refractivity contribution in [1.29, 1.82) is 0 Å². The molecule has 0 radical (unpaired) electrons. The van der Waals surface area contributed by atoms with Gasteiger partial charge >= 0.3 is 0 Å². The van der Waals surface area contributed by atoms with Gasteiger partial charge in [-0.1, -0.05) is 39.3 Å². The van der Waals surface area contributed by atoms with E-state index in [4.69, 9.17) is 21.5 Å². The monoisotopic (exact) mass is 446 g/mol. The lowest BCUT2D eigenvalue weighted by Crippen LogP contribution is -2.28. The fourth-order valence-electron chi connectivity index (χ4n) is 2.32. The Morgan fingerprint density at radius 3 is 2.81 bits per heavy atom. The quantitative estimate of drug-likeness (QED) is 0.528. The Morgan fingerprint density at radius 2 is 2.04 bits per heavy atom. The molecular weight excluding hydrogens is 428 g/mol. The molecule has 0 fully saturated rings. The highest BCUT2D eigenvalue weighted by molar-refractivity contribution is 9.10. The third kappa shape index (κ3) is 5.77. The highest BCUT2D eigenvalue weighted by Crippen LogP contribution is 2.20. The molecule has 6 nitrogen and oxygen atoms in total. The maximum absolute atomic E-state index is 5.68. The third-order valence-corrected chi connectivity index (χ3v) is 4.15. The van der Waals surface area contributed by atoms with Gasteiger partial charge in [-0.15, -0.1) is 0 Å². The van der Waals surface area contributed by atoms with E-state index in [1.807, 2.05) is 62.4 Å². The summed E-state index contributed by atoms with van der Waals surface area (Å²) in [5.41, 5.74) is 1.72. The van der Waals surface area contributed by atoms with E-state index in [1.54, 1.807) is 0 Å². The summed E-state index contributed by atoms with van der Waals surface area (Å²) in [7, 11) is 0. The molecule has 0 aliphatic heterocycles. The van der Waals surface area contributed by atoms with Gasteiger partial charge < -0.3 is 19.9 Å². The smallest absolute Gasteiger partial charge is 0.246 e. The van der Waals surface area contributed by atoms with Gasteiger partial charge in [0.05, 0.1) is 12.6 Å². The van der Waals surface area contributed by atoms with Crippen LogP contribution in [0.5, 0.6) is 5.75 Å². The van der Waals surface area contributed by atoms with E-state index in [0.717, 1.165) is 21.5 Å². The molecule has 0 saturated carbocycles. The Morgan fingerprint density at radius 1 is 1.22 bits per heavy atom. The number of halogens is 1. The summed E-state index contributed by atoms with van der Waals surface area (Å²) >= 11 is 8.76. The SMILES string of the molecule is CC(C)Oc1cccc(NC(=S)NCc2nc(-c3cccc(Br)c3)no2)c1. The van der Waals surface area contributed by atoms with Gasteiger partial charge in [0, 0.05) is 21.8 Å². The van der Waals surface area contributed by atoms with Crippen molar-refractivity contribution in [1.82, 2.24) is 15.5 Å². The van der Waals surface area contributed by atoms with Crippen LogP contribution in [0.2, 0.25) is 0 Å². The normalized spacial score (nSPS) is 10.7. The summed E-state index contributed by atoms with van der Waals surface area (Å²) in [6.07, 6.45) is 0.113. The molecule has 2 aromatic carbocycles. The molecule has 0 atom stereocenters. The highest BCUT2D eigenvalue weighted by atomic mass is 79.9. The van der Waals surface area contributed by atoms with Gasteiger partial charge in [0.25, 0.3) is 0 Å². The number of nitrogens with one attached hydrogen (secondary N) is 2. The Hall–Kier alpha value is -2.45. The minimum atomic E-state index is 0.113. The largest absolute Gasteiger partial charge is 0.491 e. The van der Waals surface area contributed by atoms with E-state index in [1.165, 1.54) is 0 Å². The molecule has 0 spiro atoms. The number of benzene rings is 2. The van der Waals surface area contributed by atoms with Crippen LogP contribution < -0.4 is 15.4 Å². The third-order valence-electron chi connectivity index (χ3n) is 3.41. The standard InChI is InChI=1S/C19H19BrN4O2S/c1-12(2)25-16-8-4-7-15(10-16)22-19(27)21-11-17-23-18(24-26-17)13-5-3-6-14(20)9-13/h3-10,12H,11H2,1-2H3,(H2,21,22,27). The van der Waals surface area contributed by atoms with Crippen molar-refractivity contribution >= 4 is 38.9 Å². The van der Waals surface area contributed by atoms with Gasteiger partial charge in [0.2, 0.25) is 11.7 Å². The minimum absolute atomic E-state index is 0.113. The van der Waals surface area contributed by atoms with E-state index >= 15 is 0 Å². The van der Waals surface area contributed by atoms with Crippen molar-refractivity contribution in [3.05, 3.63) is 58.9 Å². The lowest BCUT2D eigenvalue weighted by atomic mass is 10.2. The van der Waals surface area contributed by atoms with Crippen LogP contribution in [0.15, 0.2) is 57.5 Å². The number of ether oxygens (including phenoxy) is 1. The Balaban J connectivity index is 1.55. The van der Waals surface area contributed by atoms with Crippen LogP contribution in [0.3, 0.4) is 0 Å².